The van der Waals surface area contributed by atoms with Crippen molar-refractivity contribution in [3.05, 3.63) is 40.2 Å². The second kappa shape index (κ2) is 7.62. The zero-order chi connectivity index (χ0) is 14.8. The summed E-state index contributed by atoms with van der Waals surface area (Å²) >= 11 is 3.45. The van der Waals surface area contributed by atoms with Gasteiger partial charge in [-0.15, -0.1) is 12.4 Å². The number of rotatable bonds is 4. The van der Waals surface area contributed by atoms with Crippen molar-refractivity contribution in [2.75, 3.05) is 13.1 Å². The summed E-state index contributed by atoms with van der Waals surface area (Å²) in [6.07, 6.45) is 3.61. The van der Waals surface area contributed by atoms with E-state index in [4.69, 9.17) is 4.42 Å². The fraction of sp³-hybridized carbons (Fsp3) is 0.471. The van der Waals surface area contributed by atoms with E-state index in [9.17, 15) is 0 Å². The first kappa shape index (κ1) is 17.5. The van der Waals surface area contributed by atoms with Crippen LogP contribution < -0.4 is 0 Å². The Bertz CT molecular complexity index is 612. The van der Waals surface area contributed by atoms with E-state index in [0.29, 0.717) is 6.04 Å². The lowest BCUT2D eigenvalue weighted by Crippen LogP contribution is -2.29. The molecule has 0 aliphatic carbocycles. The molecule has 1 aromatic heterocycles. The number of halogens is 2. The first-order valence-electron chi connectivity index (χ1n) is 7.60. The highest BCUT2D eigenvalue weighted by Crippen LogP contribution is 2.24. The van der Waals surface area contributed by atoms with Crippen LogP contribution >= 0.6 is 28.3 Å². The van der Waals surface area contributed by atoms with Crippen LogP contribution in [0.15, 0.2) is 33.2 Å². The Hall–Kier alpha value is -0.840. The number of nitrogens with zero attached hydrogens (tertiary/aromatic N) is 2. The van der Waals surface area contributed by atoms with Crippen molar-refractivity contribution in [3.63, 3.8) is 0 Å². The zero-order valence-electron chi connectivity index (χ0n) is 13.0. The molecule has 120 valence electrons. The highest BCUT2D eigenvalue weighted by Gasteiger charge is 2.20. The maximum atomic E-state index is 5.84. The molecule has 1 aromatic carbocycles. The van der Waals surface area contributed by atoms with Gasteiger partial charge in [-0.05, 0) is 57.5 Å². The van der Waals surface area contributed by atoms with Crippen LogP contribution in [-0.4, -0.2) is 29.0 Å². The fourth-order valence-electron chi connectivity index (χ4n) is 2.95. The molecule has 1 aliphatic rings. The molecule has 1 unspecified atom stereocenters. The number of likely N-dealkylation sites (tertiary alicyclic amines) is 1. The van der Waals surface area contributed by atoms with Crippen molar-refractivity contribution in [1.29, 1.82) is 0 Å². The van der Waals surface area contributed by atoms with Gasteiger partial charge in [0.05, 0.1) is 5.69 Å². The lowest BCUT2D eigenvalue weighted by Gasteiger charge is -2.20. The number of benzene rings is 1. The van der Waals surface area contributed by atoms with Gasteiger partial charge in [-0.2, -0.15) is 0 Å². The molecule has 2 aromatic rings. The molecule has 3 rings (SSSR count). The van der Waals surface area contributed by atoms with Gasteiger partial charge in [-0.3, -0.25) is 0 Å². The van der Waals surface area contributed by atoms with E-state index in [1.165, 1.54) is 19.4 Å². The van der Waals surface area contributed by atoms with E-state index in [1.54, 1.807) is 0 Å². The molecular formula is C17H22BrClN2O. The summed E-state index contributed by atoms with van der Waals surface area (Å²) < 4.78 is 6.91. The average Bonchev–Trinajstić information content (AvgIpc) is 3.04. The molecule has 1 fully saturated rings. The third kappa shape index (κ3) is 3.92. The fourth-order valence-corrected chi connectivity index (χ4v) is 3.21. The molecule has 0 N–H and O–H groups in total. The second-order valence-corrected chi connectivity index (χ2v) is 6.72. The minimum absolute atomic E-state index is 0. The molecule has 5 heteroatoms. The van der Waals surface area contributed by atoms with E-state index < -0.39 is 0 Å². The first-order chi connectivity index (χ1) is 10.1. The molecular weight excluding hydrogens is 364 g/mol. The van der Waals surface area contributed by atoms with Crippen LogP contribution in [0.3, 0.4) is 0 Å². The Labute approximate surface area is 146 Å². The van der Waals surface area contributed by atoms with Gasteiger partial charge in [0.25, 0.3) is 0 Å². The number of aromatic nitrogens is 1. The third-order valence-corrected chi connectivity index (χ3v) is 4.84. The summed E-state index contributed by atoms with van der Waals surface area (Å²) in [6, 6.07) is 8.80. The van der Waals surface area contributed by atoms with Crippen LogP contribution in [-0.2, 0) is 6.42 Å². The maximum Gasteiger partial charge on any atom is 0.226 e. The minimum atomic E-state index is 0. The average molecular weight is 386 g/mol. The van der Waals surface area contributed by atoms with E-state index in [0.717, 1.165) is 40.3 Å². The normalized spacial score (nSPS) is 18.4. The number of hydrogen-bond acceptors (Lipinski definition) is 3. The molecule has 22 heavy (non-hydrogen) atoms. The predicted octanol–water partition coefficient (Wildman–Crippen LogP) is 4.86. The molecule has 2 heterocycles. The van der Waals surface area contributed by atoms with Crippen molar-refractivity contribution in [1.82, 2.24) is 9.88 Å². The largest absolute Gasteiger partial charge is 0.441 e. The molecule has 1 atom stereocenters. The molecule has 1 aliphatic heterocycles. The van der Waals surface area contributed by atoms with Crippen molar-refractivity contribution in [3.8, 4) is 11.5 Å². The SMILES string of the molecule is Cc1oc(-c2ccc(Br)cc2)nc1CCN1CCCC1C.Cl. The summed E-state index contributed by atoms with van der Waals surface area (Å²) in [5.74, 6) is 1.67. The Morgan fingerprint density at radius 1 is 1.32 bits per heavy atom. The molecule has 3 nitrogen and oxygen atoms in total. The molecule has 0 saturated carbocycles. The summed E-state index contributed by atoms with van der Waals surface area (Å²) in [5.41, 5.74) is 2.12. The molecule has 0 radical (unpaired) electrons. The first-order valence-corrected chi connectivity index (χ1v) is 8.39. The lowest BCUT2D eigenvalue weighted by atomic mass is 10.2. The van der Waals surface area contributed by atoms with E-state index >= 15 is 0 Å². The number of aryl methyl sites for hydroxylation is 1. The topological polar surface area (TPSA) is 29.3 Å². The Balaban J connectivity index is 0.00000176. The molecule has 0 amide bonds. The zero-order valence-corrected chi connectivity index (χ0v) is 15.4. The Kier molecular flexibility index (Phi) is 6.07. The monoisotopic (exact) mass is 384 g/mol. The van der Waals surface area contributed by atoms with Gasteiger partial charge in [0.15, 0.2) is 0 Å². The smallest absolute Gasteiger partial charge is 0.226 e. The van der Waals surface area contributed by atoms with Gasteiger partial charge in [-0.25, -0.2) is 4.98 Å². The Morgan fingerprint density at radius 2 is 2.05 bits per heavy atom. The van der Waals surface area contributed by atoms with Crippen LogP contribution in [0.25, 0.3) is 11.5 Å². The summed E-state index contributed by atoms with van der Waals surface area (Å²) in [4.78, 5) is 7.24. The third-order valence-electron chi connectivity index (χ3n) is 4.31. The van der Waals surface area contributed by atoms with E-state index in [-0.39, 0.29) is 12.4 Å². The van der Waals surface area contributed by atoms with Crippen molar-refractivity contribution in [2.45, 2.75) is 39.2 Å². The van der Waals surface area contributed by atoms with Crippen LogP contribution in [0.1, 0.15) is 31.2 Å². The highest BCUT2D eigenvalue weighted by atomic mass is 79.9. The van der Waals surface area contributed by atoms with Crippen LogP contribution in [0.4, 0.5) is 0 Å². The van der Waals surface area contributed by atoms with E-state index in [2.05, 4.69) is 32.7 Å². The van der Waals surface area contributed by atoms with Gasteiger partial charge >= 0.3 is 0 Å². The summed E-state index contributed by atoms with van der Waals surface area (Å²) in [6.45, 7) is 6.62. The summed E-state index contributed by atoms with van der Waals surface area (Å²) in [7, 11) is 0. The van der Waals surface area contributed by atoms with Gasteiger partial charge in [0, 0.05) is 29.0 Å². The highest BCUT2D eigenvalue weighted by molar-refractivity contribution is 9.10. The van der Waals surface area contributed by atoms with Gasteiger partial charge in [0.1, 0.15) is 5.76 Å². The van der Waals surface area contributed by atoms with Gasteiger partial charge in [-0.1, -0.05) is 15.9 Å². The quantitative estimate of drug-likeness (QED) is 0.752. The predicted molar refractivity (Wildman–Crippen MR) is 95.6 cm³/mol. The summed E-state index contributed by atoms with van der Waals surface area (Å²) in [5, 5.41) is 0. The standard InChI is InChI=1S/C17H21BrN2O.ClH/c1-12-4-3-10-20(12)11-9-16-13(2)21-17(19-16)14-5-7-15(18)8-6-14;/h5-8,12H,3-4,9-11H2,1-2H3;1H. The van der Waals surface area contributed by atoms with Crippen LogP contribution in [0, 0.1) is 6.92 Å². The number of oxazole rings is 1. The number of hydrogen-bond donors (Lipinski definition) is 0. The van der Waals surface area contributed by atoms with Gasteiger partial charge < -0.3 is 9.32 Å². The maximum absolute atomic E-state index is 5.84. The molecule has 0 bridgehead atoms. The molecule has 0 spiro atoms. The van der Waals surface area contributed by atoms with Gasteiger partial charge in [0.2, 0.25) is 5.89 Å². The van der Waals surface area contributed by atoms with E-state index in [1.807, 2.05) is 31.2 Å². The minimum Gasteiger partial charge on any atom is -0.441 e. The molecule has 1 saturated heterocycles. The van der Waals surface area contributed by atoms with Crippen molar-refractivity contribution < 1.29 is 4.42 Å². The van der Waals surface area contributed by atoms with Crippen molar-refractivity contribution >= 4 is 28.3 Å². The van der Waals surface area contributed by atoms with Crippen molar-refractivity contribution in [2.24, 2.45) is 0 Å². The lowest BCUT2D eigenvalue weighted by molar-refractivity contribution is 0.271. The van der Waals surface area contributed by atoms with Crippen LogP contribution in [0.2, 0.25) is 0 Å². The second-order valence-electron chi connectivity index (χ2n) is 5.81. The van der Waals surface area contributed by atoms with Crippen LogP contribution in [0.5, 0.6) is 0 Å². The Morgan fingerprint density at radius 3 is 2.68 bits per heavy atom.